The lowest BCUT2D eigenvalue weighted by Crippen LogP contribution is -2.70. The maximum atomic E-state index is 12.2. The maximum Gasteiger partial charge on any atom is 0.309 e. The standard InChI is InChI=1S/C18H30O3Si/c1-17(2,3)22(5,6)21-13-8-7-11-14(16(19)20-4)15-10-9-12(10)18(11,13)15/h10-15H,7-9H2,1-6H3/t10-,11-,12+,13+,14-,15-,18?/m0/s1. The molecule has 0 amide bonds. The largest absolute Gasteiger partial charge is 0.469 e. The highest BCUT2D eigenvalue weighted by Gasteiger charge is 2.87. The van der Waals surface area contributed by atoms with Crippen LogP contribution in [0.4, 0.5) is 0 Å². The van der Waals surface area contributed by atoms with Gasteiger partial charge in [-0.1, -0.05) is 20.8 Å². The Hall–Kier alpha value is -0.353. The van der Waals surface area contributed by atoms with Crippen molar-refractivity contribution in [3.05, 3.63) is 0 Å². The van der Waals surface area contributed by atoms with E-state index in [1.54, 1.807) is 7.11 Å². The lowest BCUT2D eigenvalue weighted by Gasteiger charge is -2.67. The van der Waals surface area contributed by atoms with E-state index < -0.39 is 8.32 Å². The molecule has 7 atom stereocenters. The number of ether oxygens (including phenoxy) is 1. The first kappa shape index (κ1) is 15.2. The number of methoxy groups -OCH3 is 1. The van der Waals surface area contributed by atoms with E-state index in [2.05, 4.69) is 33.9 Å². The summed E-state index contributed by atoms with van der Waals surface area (Å²) in [6.45, 7) is 11.7. The highest BCUT2D eigenvalue weighted by molar-refractivity contribution is 6.74. The summed E-state index contributed by atoms with van der Waals surface area (Å²) >= 11 is 0. The van der Waals surface area contributed by atoms with Crippen LogP contribution in [0.25, 0.3) is 0 Å². The van der Waals surface area contributed by atoms with Gasteiger partial charge in [-0.2, -0.15) is 0 Å². The van der Waals surface area contributed by atoms with Crippen molar-refractivity contribution in [2.75, 3.05) is 7.11 Å². The van der Waals surface area contributed by atoms with Crippen LogP contribution in [0.3, 0.4) is 0 Å². The average Bonchev–Trinajstić information content (AvgIpc) is 3.01. The fourth-order valence-electron chi connectivity index (χ4n) is 6.07. The van der Waals surface area contributed by atoms with Crippen molar-refractivity contribution in [2.24, 2.45) is 35.0 Å². The molecule has 4 heteroatoms. The van der Waals surface area contributed by atoms with Gasteiger partial charge in [0.1, 0.15) is 0 Å². The van der Waals surface area contributed by atoms with E-state index in [-0.39, 0.29) is 16.9 Å². The van der Waals surface area contributed by atoms with Gasteiger partial charge in [0, 0.05) is 5.41 Å². The van der Waals surface area contributed by atoms with Crippen LogP contribution < -0.4 is 0 Å². The number of rotatable bonds is 3. The smallest absolute Gasteiger partial charge is 0.309 e. The van der Waals surface area contributed by atoms with Crippen molar-refractivity contribution in [1.82, 2.24) is 0 Å². The van der Waals surface area contributed by atoms with E-state index in [0.29, 0.717) is 23.4 Å². The average molecular weight is 323 g/mol. The molecule has 0 aromatic carbocycles. The van der Waals surface area contributed by atoms with E-state index in [1.807, 2.05) is 0 Å². The van der Waals surface area contributed by atoms with Gasteiger partial charge >= 0.3 is 5.97 Å². The number of hydrogen-bond donors (Lipinski definition) is 0. The molecule has 4 rings (SSSR count). The van der Waals surface area contributed by atoms with Crippen LogP contribution in [0, 0.1) is 35.0 Å². The number of esters is 1. The molecule has 4 aliphatic carbocycles. The summed E-state index contributed by atoms with van der Waals surface area (Å²) in [6.07, 6.45) is 4.07. The first-order valence-corrected chi connectivity index (χ1v) is 11.8. The minimum absolute atomic E-state index is 0.0453. The van der Waals surface area contributed by atoms with Crippen LogP contribution in [-0.2, 0) is 14.0 Å². The van der Waals surface area contributed by atoms with Gasteiger partial charge in [-0.3, -0.25) is 4.79 Å². The van der Waals surface area contributed by atoms with Gasteiger partial charge in [-0.15, -0.1) is 0 Å². The number of fused-ring (bicyclic) bond motifs is 2. The summed E-state index contributed by atoms with van der Waals surface area (Å²) in [5.41, 5.74) is 0.360. The second-order valence-corrected chi connectivity index (χ2v) is 14.4. The molecule has 0 radical (unpaired) electrons. The van der Waals surface area contributed by atoms with Crippen LogP contribution in [0.5, 0.6) is 0 Å². The Morgan fingerprint density at radius 2 is 1.86 bits per heavy atom. The van der Waals surface area contributed by atoms with E-state index in [4.69, 9.17) is 9.16 Å². The highest BCUT2D eigenvalue weighted by atomic mass is 28.4. The Balaban J connectivity index is 1.58. The Morgan fingerprint density at radius 1 is 1.18 bits per heavy atom. The quantitative estimate of drug-likeness (QED) is 0.585. The molecule has 0 aliphatic heterocycles. The summed E-state index contributed by atoms with van der Waals surface area (Å²) in [5.74, 6) is 3.02. The van der Waals surface area contributed by atoms with Gasteiger partial charge in [-0.05, 0) is 61.1 Å². The Kier molecular flexibility index (Phi) is 2.89. The zero-order chi connectivity index (χ0) is 16.1. The molecule has 3 nitrogen and oxygen atoms in total. The number of carbonyl (C=O) groups excluding carboxylic acids is 1. The molecule has 0 heterocycles. The summed E-state index contributed by atoms with van der Waals surface area (Å²) in [7, 11) is -0.189. The molecule has 124 valence electrons. The molecule has 0 saturated heterocycles. The summed E-state index contributed by atoms with van der Waals surface area (Å²) in [6, 6.07) is 0. The molecular weight excluding hydrogens is 292 g/mol. The van der Waals surface area contributed by atoms with E-state index in [0.717, 1.165) is 18.3 Å². The second kappa shape index (κ2) is 4.18. The predicted molar refractivity (Wildman–Crippen MR) is 87.8 cm³/mol. The van der Waals surface area contributed by atoms with Crippen LogP contribution in [0.2, 0.25) is 18.1 Å². The minimum Gasteiger partial charge on any atom is -0.469 e. The molecule has 1 unspecified atom stereocenters. The lowest BCUT2D eigenvalue weighted by atomic mass is 9.38. The van der Waals surface area contributed by atoms with E-state index in [1.165, 1.54) is 12.8 Å². The zero-order valence-electron chi connectivity index (χ0n) is 14.8. The van der Waals surface area contributed by atoms with Gasteiger partial charge in [0.15, 0.2) is 8.32 Å². The number of hydrogen-bond acceptors (Lipinski definition) is 3. The summed E-state index contributed by atoms with van der Waals surface area (Å²) in [4.78, 5) is 12.2. The fourth-order valence-corrected chi connectivity index (χ4v) is 7.46. The molecule has 4 aliphatic rings. The molecule has 0 aromatic heterocycles. The van der Waals surface area contributed by atoms with Gasteiger partial charge in [0.2, 0.25) is 0 Å². The summed E-state index contributed by atoms with van der Waals surface area (Å²) in [5, 5.41) is 0.259. The fraction of sp³-hybridized carbons (Fsp3) is 0.944. The van der Waals surface area contributed by atoms with Crippen molar-refractivity contribution in [1.29, 1.82) is 0 Å². The van der Waals surface area contributed by atoms with Crippen molar-refractivity contribution in [3.63, 3.8) is 0 Å². The van der Waals surface area contributed by atoms with Gasteiger partial charge in [0.25, 0.3) is 0 Å². The van der Waals surface area contributed by atoms with Crippen molar-refractivity contribution in [2.45, 2.75) is 64.3 Å². The van der Waals surface area contributed by atoms with Crippen molar-refractivity contribution < 1.29 is 14.0 Å². The van der Waals surface area contributed by atoms with Crippen LogP contribution in [0.1, 0.15) is 40.0 Å². The van der Waals surface area contributed by atoms with Gasteiger partial charge in [-0.25, -0.2) is 0 Å². The van der Waals surface area contributed by atoms with Gasteiger partial charge in [0.05, 0.1) is 19.1 Å². The molecule has 0 bridgehead atoms. The lowest BCUT2D eigenvalue weighted by molar-refractivity contribution is -0.236. The Labute approximate surface area is 135 Å². The third kappa shape index (κ3) is 1.54. The molecule has 0 N–H and O–H groups in total. The normalized spacial score (nSPS) is 48.5. The van der Waals surface area contributed by atoms with E-state index in [9.17, 15) is 4.79 Å². The van der Waals surface area contributed by atoms with Crippen LogP contribution in [0.15, 0.2) is 0 Å². The predicted octanol–water partition coefficient (Wildman–Crippen LogP) is 3.84. The third-order valence-electron chi connectivity index (χ3n) is 8.00. The SMILES string of the molecule is COC(=O)[C@@H]1[C@@H]2[C@H]3C[C@H]3C23[C@H](O[Si](C)(C)C(C)(C)C)CC[C@@H]13. The van der Waals surface area contributed by atoms with Gasteiger partial charge < -0.3 is 9.16 Å². The first-order chi connectivity index (χ1) is 10.2. The van der Waals surface area contributed by atoms with Crippen molar-refractivity contribution in [3.8, 4) is 0 Å². The molecule has 4 fully saturated rings. The van der Waals surface area contributed by atoms with E-state index >= 15 is 0 Å². The third-order valence-corrected chi connectivity index (χ3v) is 12.5. The Morgan fingerprint density at radius 3 is 2.45 bits per heavy atom. The maximum absolute atomic E-state index is 12.2. The molecule has 4 saturated carbocycles. The Bertz CT molecular complexity index is 515. The van der Waals surface area contributed by atoms with Crippen LogP contribution in [-0.4, -0.2) is 27.5 Å². The minimum atomic E-state index is -1.73. The van der Waals surface area contributed by atoms with Crippen LogP contribution >= 0.6 is 0 Å². The number of carbonyl (C=O) groups is 1. The monoisotopic (exact) mass is 322 g/mol. The zero-order valence-corrected chi connectivity index (χ0v) is 15.8. The topological polar surface area (TPSA) is 35.5 Å². The molecule has 1 spiro atoms. The first-order valence-electron chi connectivity index (χ1n) is 8.92. The summed E-state index contributed by atoms with van der Waals surface area (Å²) < 4.78 is 12.0. The highest BCUT2D eigenvalue weighted by Crippen LogP contribution is 2.87. The molecule has 22 heavy (non-hydrogen) atoms. The molecule has 0 aromatic rings. The second-order valence-electron chi connectivity index (χ2n) is 9.63. The molecular formula is C18H30O3Si. The van der Waals surface area contributed by atoms with Crippen molar-refractivity contribution >= 4 is 14.3 Å².